The third-order valence-electron chi connectivity index (χ3n) is 3.24. The van der Waals surface area contributed by atoms with Crippen LogP contribution in [-0.4, -0.2) is 29.7 Å². The van der Waals surface area contributed by atoms with Crippen molar-refractivity contribution in [1.82, 2.24) is 9.55 Å². The summed E-state index contributed by atoms with van der Waals surface area (Å²) >= 11 is 0. The largest absolute Gasteiger partial charge is 0.494 e. The van der Waals surface area contributed by atoms with E-state index < -0.39 is 5.91 Å². The van der Waals surface area contributed by atoms with Crippen LogP contribution in [0, 0.1) is 0 Å². The van der Waals surface area contributed by atoms with Crippen molar-refractivity contribution < 1.29 is 14.3 Å². The average Bonchev–Trinajstić information content (AvgIpc) is 2.91. The van der Waals surface area contributed by atoms with Gasteiger partial charge in [0.05, 0.1) is 26.0 Å². The van der Waals surface area contributed by atoms with Gasteiger partial charge in [0.2, 0.25) is 11.8 Å². The van der Waals surface area contributed by atoms with E-state index in [2.05, 4.69) is 4.98 Å². The summed E-state index contributed by atoms with van der Waals surface area (Å²) in [5.74, 6) is 0.820. The number of amides is 1. The fourth-order valence-corrected chi connectivity index (χ4v) is 2.14. The van der Waals surface area contributed by atoms with Crippen LogP contribution in [0.15, 0.2) is 24.5 Å². The lowest BCUT2D eigenvalue weighted by molar-refractivity contribution is 0.100. The second-order valence-corrected chi connectivity index (χ2v) is 4.94. The number of ether oxygens (including phenoxy) is 2. The SMILES string of the molecule is COc1cc(OC)c(-n2cc(C(N)=O)cc2C(C)C)cn1. The van der Waals surface area contributed by atoms with E-state index in [0.29, 0.717) is 17.2 Å². The van der Waals surface area contributed by atoms with Crippen molar-refractivity contribution in [3.05, 3.63) is 35.8 Å². The first-order valence-corrected chi connectivity index (χ1v) is 6.58. The van der Waals surface area contributed by atoms with Crippen molar-refractivity contribution in [1.29, 1.82) is 0 Å². The molecule has 0 aliphatic carbocycles. The lowest BCUT2D eigenvalue weighted by Gasteiger charge is -2.15. The quantitative estimate of drug-likeness (QED) is 0.914. The highest BCUT2D eigenvalue weighted by atomic mass is 16.5. The molecule has 0 aliphatic rings. The van der Waals surface area contributed by atoms with Crippen LogP contribution in [-0.2, 0) is 0 Å². The van der Waals surface area contributed by atoms with E-state index in [9.17, 15) is 4.79 Å². The molecule has 0 unspecified atom stereocenters. The van der Waals surface area contributed by atoms with Crippen molar-refractivity contribution in [3.63, 3.8) is 0 Å². The van der Waals surface area contributed by atoms with Crippen LogP contribution in [0.4, 0.5) is 0 Å². The van der Waals surface area contributed by atoms with E-state index in [0.717, 1.165) is 11.4 Å². The second-order valence-electron chi connectivity index (χ2n) is 4.94. The first-order chi connectivity index (χ1) is 9.97. The molecule has 0 atom stereocenters. The summed E-state index contributed by atoms with van der Waals surface area (Å²) in [5.41, 5.74) is 7.51. The predicted octanol–water partition coefficient (Wildman–Crippen LogP) is 2.11. The standard InChI is InChI=1S/C15H19N3O3/c1-9(2)11-5-10(15(16)19)8-18(11)12-7-17-14(21-4)6-13(12)20-3/h5-9H,1-4H3,(H2,16,19). The number of hydrogen-bond acceptors (Lipinski definition) is 4. The molecule has 2 N–H and O–H groups in total. The Hall–Kier alpha value is -2.50. The van der Waals surface area contributed by atoms with Gasteiger partial charge in [-0.25, -0.2) is 4.98 Å². The Labute approximate surface area is 123 Å². The molecule has 1 amide bonds. The van der Waals surface area contributed by atoms with Gasteiger partial charge in [-0.1, -0.05) is 13.8 Å². The van der Waals surface area contributed by atoms with E-state index in [-0.39, 0.29) is 5.92 Å². The van der Waals surface area contributed by atoms with E-state index >= 15 is 0 Å². The van der Waals surface area contributed by atoms with Crippen molar-refractivity contribution in [2.75, 3.05) is 14.2 Å². The number of methoxy groups -OCH3 is 2. The summed E-state index contributed by atoms with van der Waals surface area (Å²) < 4.78 is 12.4. The Morgan fingerprint density at radius 1 is 1.29 bits per heavy atom. The molecule has 6 nitrogen and oxygen atoms in total. The van der Waals surface area contributed by atoms with E-state index in [1.807, 2.05) is 18.4 Å². The van der Waals surface area contributed by atoms with Gasteiger partial charge in [-0.2, -0.15) is 0 Å². The predicted molar refractivity (Wildman–Crippen MR) is 79.3 cm³/mol. The monoisotopic (exact) mass is 289 g/mol. The van der Waals surface area contributed by atoms with Gasteiger partial charge in [0, 0.05) is 18.0 Å². The minimum atomic E-state index is -0.462. The first-order valence-electron chi connectivity index (χ1n) is 6.58. The zero-order valence-corrected chi connectivity index (χ0v) is 12.6. The maximum Gasteiger partial charge on any atom is 0.250 e. The lowest BCUT2D eigenvalue weighted by atomic mass is 10.1. The van der Waals surface area contributed by atoms with Crippen LogP contribution < -0.4 is 15.2 Å². The molecule has 0 bridgehead atoms. The average molecular weight is 289 g/mol. The summed E-state index contributed by atoms with van der Waals surface area (Å²) in [4.78, 5) is 15.6. The molecule has 0 aliphatic heterocycles. The summed E-state index contributed by atoms with van der Waals surface area (Å²) in [5, 5.41) is 0. The van der Waals surface area contributed by atoms with Crippen molar-refractivity contribution in [3.8, 4) is 17.3 Å². The van der Waals surface area contributed by atoms with Gasteiger partial charge in [-0.05, 0) is 12.0 Å². The molecule has 0 fully saturated rings. The molecule has 6 heteroatoms. The lowest BCUT2D eigenvalue weighted by Crippen LogP contribution is -2.09. The topological polar surface area (TPSA) is 79.4 Å². The third kappa shape index (κ3) is 2.84. The van der Waals surface area contributed by atoms with Crippen LogP contribution in [0.1, 0.15) is 35.8 Å². The van der Waals surface area contributed by atoms with Gasteiger partial charge in [0.15, 0.2) is 0 Å². The van der Waals surface area contributed by atoms with Gasteiger partial charge in [-0.3, -0.25) is 4.79 Å². The molecule has 2 aromatic rings. The Bertz CT molecular complexity index is 662. The van der Waals surface area contributed by atoms with E-state index in [1.165, 1.54) is 0 Å². The van der Waals surface area contributed by atoms with Crippen molar-refractivity contribution in [2.45, 2.75) is 19.8 Å². The molecule has 21 heavy (non-hydrogen) atoms. The molecule has 0 aromatic carbocycles. The Balaban J connectivity index is 2.62. The number of pyridine rings is 1. The van der Waals surface area contributed by atoms with Crippen LogP contribution in [0.25, 0.3) is 5.69 Å². The van der Waals surface area contributed by atoms with Crippen molar-refractivity contribution >= 4 is 5.91 Å². The minimum absolute atomic E-state index is 0.213. The zero-order chi connectivity index (χ0) is 15.6. The number of carbonyl (C=O) groups excluding carboxylic acids is 1. The second kappa shape index (κ2) is 5.87. The van der Waals surface area contributed by atoms with Gasteiger partial charge in [0.25, 0.3) is 0 Å². The number of hydrogen-bond donors (Lipinski definition) is 1. The smallest absolute Gasteiger partial charge is 0.250 e. The molecule has 0 saturated heterocycles. The van der Waals surface area contributed by atoms with E-state index in [1.54, 1.807) is 38.7 Å². The molecular weight excluding hydrogens is 270 g/mol. The Morgan fingerprint density at radius 2 is 2.00 bits per heavy atom. The number of aromatic nitrogens is 2. The Kier molecular flexibility index (Phi) is 4.16. The number of nitrogens with zero attached hydrogens (tertiary/aromatic N) is 2. The highest BCUT2D eigenvalue weighted by Crippen LogP contribution is 2.30. The molecule has 112 valence electrons. The number of primary amides is 1. The number of rotatable bonds is 5. The van der Waals surface area contributed by atoms with Crippen molar-refractivity contribution in [2.24, 2.45) is 5.73 Å². The van der Waals surface area contributed by atoms with Crippen LogP contribution in [0.2, 0.25) is 0 Å². The highest BCUT2D eigenvalue weighted by Gasteiger charge is 2.17. The molecule has 0 saturated carbocycles. The van der Waals surface area contributed by atoms with Gasteiger partial charge in [-0.15, -0.1) is 0 Å². The van der Waals surface area contributed by atoms with Crippen LogP contribution in [0.3, 0.4) is 0 Å². The number of carbonyl (C=O) groups is 1. The fourth-order valence-electron chi connectivity index (χ4n) is 2.14. The summed E-state index contributed by atoms with van der Waals surface area (Å²) in [7, 11) is 3.12. The summed E-state index contributed by atoms with van der Waals surface area (Å²) in [6.07, 6.45) is 3.35. The van der Waals surface area contributed by atoms with Crippen LogP contribution >= 0.6 is 0 Å². The molecule has 0 spiro atoms. The maximum atomic E-state index is 11.4. The van der Waals surface area contributed by atoms with Gasteiger partial charge in [0.1, 0.15) is 11.4 Å². The van der Waals surface area contributed by atoms with Crippen LogP contribution in [0.5, 0.6) is 11.6 Å². The highest BCUT2D eigenvalue weighted by molar-refractivity contribution is 5.93. The molecule has 2 aromatic heterocycles. The van der Waals surface area contributed by atoms with Gasteiger partial charge < -0.3 is 19.8 Å². The minimum Gasteiger partial charge on any atom is -0.494 e. The normalized spacial score (nSPS) is 10.7. The molecule has 2 heterocycles. The first kappa shape index (κ1) is 14.9. The zero-order valence-electron chi connectivity index (χ0n) is 12.6. The molecular formula is C15H19N3O3. The Morgan fingerprint density at radius 3 is 2.52 bits per heavy atom. The summed E-state index contributed by atoms with van der Waals surface area (Å²) in [6, 6.07) is 3.49. The molecule has 2 rings (SSSR count). The van der Waals surface area contributed by atoms with Gasteiger partial charge >= 0.3 is 0 Å². The summed E-state index contributed by atoms with van der Waals surface area (Å²) in [6.45, 7) is 4.08. The molecule has 0 radical (unpaired) electrons. The number of nitrogens with two attached hydrogens (primary N) is 1. The third-order valence-corrected chi connectivity index (χ3v) is 3.24. The maximum absolute atomic E-state index is 11.4. The van der Waals surface area contributed by atoms with E-state index in [4.69, 9.17) is 15.2 Å². The fraction of sp³-hybridized carbons (Fsp3) is 0.333.